The van der Waals surface area contributed by atoms with E-state index in [0.717, 1.165) is 29.7 Å². The molecule has 1 N–H and O–H groups in total. The number of hydrogen-bond acceptors (Lipinski definition) is 1. The number of aryl methyl sites for hydroxylation is 1. The van der Waals surface area contributed by atoms with Gasteiger partial charge in [0.05, 0.1) is 11.0 Å². The van der Waals surface area contributed by atoms with Crippen LogP contribution in [0, 0.1) is 6.57 Å². The van der Waals surface area contributed by atoms with Crippen LogP contribution in [-0.2, 0) is 6.42 Å². The van der Waals surface area contributed by atoms with Gasteiger partial charge >= 0.3 is 0 Å². The summed E-state index contributed by atoms with van der Waals surface area (Å²) < 4.78 is 0. The molecule has 0 amide bonds. The highest BCUT2D eigenvalue weighted by molar-refractivity contribution is 5.74. The molecular weight excluding hydrogens is 174 g/mol. The molecule has 3 nitrogen and oxygen atoms in total. The van der Waals surface area contributed by atoms with Gasteiger partial charge in [-0.05, 0) is 12.1 Å². The molecule has 0 aliphatic heterocycles. The highest BCUT2D eigenvalue weighted by Gasteiger charge is 2.01. The van der Waals surface area contributed by atoms with Gasteiger partial charge in [0.15, 0.2) is 0 Å². The van der Waals surface area contributed by atoms with Crippen molar-refractivity contribution in [3.05, 3.63) is 41.5 Å². The average Bonchev–Trinajstić information content (AvgIpc) is 2.60. The van der Waals surface area contributed by atoms with Gasteiger partial charge in [-0.15, -0.1) is 0 Å². The topological polar surface area (TPSA) is 33.0 Å². The van der Waals surface area contributed by atoms with Gasteiger partial charge in [0.2, 0.25) is 6.54 Å². The Hall–Kier alpha value is -1.82. The molecule has 2 aromatic rings. The Morgan fingerprint density at radius 1 is 1.36 bits per heavy atom. The molecule has 0 bridgehead atoms. The zero-order valence-electron chi connectivity index (χ0n) is 7.83. The fourth-order valence-corrected chi connectivity index (χ4v) is 1.45. The Bertz CT molecular complexity index is 432. The van der Waals surface area contributed by atoms with Crippen molar-refractivity contribution in [2.75, 3.05) is 6.54 Å². The number of aromatic nitrogens is 2. The van der Waals surface area contributed by atoms with E-state index < -0.39 is 0 Å². The molecule has 2 rings (SSSR count). The van der Waals surface area contributed by atoms with Gasteiger partial charge in [0, 0.05) is 12.8 Å². The van der Waals surface area contributed by atoms with E-state index in [1.165, 1.54) is 0 Å². The second-order valence-electron chi connectivity index (χ2n) is 3.19. The lowest BCUT2D eigenvalue weighted by Crippen LogP contribution is -1.89. The van der Waals surface area contributed by atoms with Gasteiger partial charge in [-0.1, -0.05) is 12.1 Å². The van der Waals surface area contributed by atoms with E-state index >= 15 is 0 Å². The predicted octanol–water partition coefficient (Wildman–Crippen LogP) is 2.41. The number of H-pyrrole nitrogens is 1. The second kappa shape index (κ2) is 3.93. The zero-order chi connectivity index (χ0) is 9.80. The van der Waals surface area contributed by atoms with Gasteiger partial charge in [-0.2, -0.15) is 0 Å². The molecule has 0 spiro atoms. The minimum Gasteiger partial charge on any atom is -0.342 e. The van der Waals surface area contributed by atoms with E-state index in [1.807, 2.05) is 24.3 Å². The summed E-state index contributed by atoms with van der Waals surface area (Å²) in [4.78, 5) is 11.0. The molecule has 0 saturated heterocycles. The average molecular weight is 185 g/mol. The Kier molecular flexibility index (Phi) is 2.46. The number of nitrogens with one attached hydrogen (secondary N) is 1. The van der Waals surface area contributed by atoms with Crippen molar-refractivity contribution in [3.63, 3.8) is 0 Å². The summed E-state index contributed by atoms with van der Waals surface area (Å²) in [6.07, 6.45) is 1.74. The number of para-hydroxylation sites is 2. The van der Waals surface area contributed by atoms with Crippen molar-refractivity contribution >= 4 is 11.0 Å². The SMILES string of the molecule is [C-]#[N+]CCCc1nc2ccccc2[nH]1. The van der Waals surface area contributed by atoms with Gasteiger partial charge in [-0.3, -0.25) is 0 Å². The van der Waals surface area contributed by atoms with E-state index in [9.17, 15) is 0 Å². The highest BCUT2D eigenvalue weighted by atomic mass is 14.9. The molecule has 0 aliphatic carbocycles. The van der Waals surface area contributed by atoms with Crippen molar-refractivity contribution in [1.29, 1.82) is 0 Å². The lowest BCUT2D eigenvalue weighted by Gasteiger charge is -1.88. The minimum atomic E-state index is 0.580. The van der Waals surface area contributed by atoms with Gasteiger partial charge in [-0.25, -0.2) is 11.6 Å². The summed E-state index contributed by atoms with van der Waals surface area (Å²) in [6, 6.07) is 7.97. The first-order chi connectivity index (χ1) is 6.90. The lowest BCUT2D eigenvalue weighted by molar-refractivity contribution is 0.840. The van der Waals surface area contributed by atoms with E-state index in [-0.39, 0.29) is 0 Å². The first kappa shape index (κ1) is 8.76. The maximum atomic E-state index is 6.67. The summed E-state index contributed by atoms with van der Waals surface area (Å²) in [5.74, 6) is 0.981. The molecule has 0 radical (unpaired) electrons. The van der Waals surface area contributed by atoms with E-state index in [4.69, 9.17) is 6.57 Å². The predicted molar refractivity (Wildman–Crippen MR) is 55.9 cm³/mol. The Balaban J connectivity index is 2.15. The van der Waals surface area contributed by atoms with Gasteiger partial charge < -0.3 is 9.83 Å². The monoisotopic (exact) mass is 185 g/mol. The molecule has 1 aromatic carbocycles. The number of hydrogen-bond donors (Lipinski definition) is 1. The first-order valence-corrected chi connectivity index (χ1v) is 4.67. The van der Waals surface area contributed by atoms with Crippen LogP contribution in [0.15, 0.2) is 24.3 Å². The Morgan fingerprint density at radius 3 is 3.00 bits per heavy atom. The summed E-state index contributed by atoms with van der Waals surface area (Å²) in [6.45, 7) is 7.25. The Labute approximate surface area is 82.6 Å². The molecule has 0 atom stereocenters. The molecular formula is C11H11N3. The van der Waals surface area contributed by atoms with Gasteiger partial charge in [0.25, 0.3) is 0 Å². The summed E-state index contributed by atoms with van der Waals surface area (Å²) in [5.41, 5.74) is 2.08. The number of benzene rings is 1. The van der Waals surface area contributed by atoms with Crippen molar-refractivity contribution < 1.29 is 0 Å². The third-order valence-electron chi connectivity index (χ3n) is 2.12. The highest BCUT2D eigenvalue weighted by Crippen LogP contribution is 2.11. The van der Waals surface area contributed by atoms with Crippen LogP contribution < -0.4 is 0 Å². The molecule has 14 heavy (non-hydrogen) atoms. The van der Waals surface area contributed by atoms with Crippen LogP contribution in [0.4, 0.5) is 0 Å². The smallest absolute Gasteiger partial charge is 0.215 e. The van der Waals surface area contributed by atoms with Crippen LogP contribution in [0.2, 0.25) is 0 Å². The van der Waals surface area contributed by atoms with Crippen molar-refractivity contribution in [1.82, 2.24) is 9.97 Å². The fourth-order valence-electron chi connectivity index (χ4n) is 1.45. The number of nitrogens with zero attached hydrogens (tertiary/aromatic N) is 2. The van der Waals surface area contributed by atoms with Crippen molar-refractivity contribution in [2.45, 2.75) is 12.8 Å². The van der Waals surface area contributed by atoms with E-state index in [1.54, 1.807) is 0 Å². The lowest BCUT2D eigenvalue weighted by atomic mass is 10.3. The number of rotatable bonds is 3. The Morgan fingerprint density at radius 2 is 2.21 bits per heavy atom. The summed E-state index contributed by atoms with van der Waals surface area (Å²) >= 11 is 0. The van der Waals surface area contributed by atoms with Crippen LogP contribution in [0.1, 0.15) is 12.2 Å². The number of imidazole rings is 1. The first-order valence-electron chi connectivity index (χ1n) is 4.67. The molecule has 0 saturated carbocycles. The standard InChI is InChI=1S/C11H11N3/c1-12-8-4-7-11-13-9-5-2-3-6-10(9)14-11/h2-3,5-6H,4,7-8H2,(H,13,14). The third kappa shape index (κ3) is 1.74. The third-order valence-corrected chi connectivity index (χ3v) is 2.12. The summed E-state index contributed by atoms with van der Waals surface area (Å²) in [5, 5.41) is 0. The maximum Gasteiger partial charge on any atom is 0.215 e. The molecule has 0 aliphatic rings. The molecule has 0 fully saturated rings. The second-order valence-corrected chi connectivity index (χ2v) is 3.19. The normalized spacial score (nSPS) is 10.2. The summed E-state index contributed by atoms with van der Waals surface area (Å²) in [7, 11) is 0. The fraction of sp³-hybridized carbons (Fsp3) is 0.273. The molecule has 0 unspecified atom stereocenters. The maximum absolute atomic E-state index is 6.67. The van der Waals surface area contributed by atoms with Crippen molar-refractivity contribution in [3.8, 4) is 0 Å². The van der Waals surface area contributed by atoms with Crippen LogP contribution >= 0.6 is 0 Å². The zero-order valence-corrected chi connectivity index (χ0v) is 7.83. The largest absolute Gasteiger partial charge is 0.342 e. The molecule has 1 heterocycles. The van der Waals surface area contributed by atoms with Crippen LogP contribution in [0.3, 0.4) is 0 Å². The quantitative estimate of drug-likeness (QED) is 0.578. The van der Waals surface area contributed by atoms with Crippen molar-refractivity contribution in [2.24, 2.45) is 0 Å². The van der Waals surface area contributed by atoms with E-state index in [2.05, 4.69) is 14.8 Å². The molecule has 1 aromatic heterocycles. The molecule has 70 valence electrons. The molecule has 3 heteroatoms. The van der Waals surface area contributed by atoms with Crippen LogP contribution in [-0.4, -0.2) is 16.5 Å². The number of aromatic amines is 1. The minimum absolute atomic E-state index is 0.580. The van der Waals surface area contributed by atoms with Crippen LogP contribution in [0.5, 0.6) is 0 Å². The number of fused-ring (bicyclic) bond motifs is 1. The van der Waals surface area contributed by atoms with Crippen LogP contribution in [0.25, 0.3) is 15.9 Å². The van der Waals surface area contributed by atoms with Gasteiger partial charge in [0.1, 0.15) is 5.82 Å². The van der Waals surface area contributed by atoms with E-state index in [0.29, 0.717) is 6.54 Å².